The Labute approximate surface area is 197 Å². The molecule has 0 radical (unpaired) electrons. The van der Waals surface area contributed by atoms with Gasteiger partial charge in [0.15, 0.2) is 0 Å². The Morgan fingerprint density at radius 1 is 0.444 bits per heavy atom. The topological polar surface area (TPSA) is 229 Å². The molecule has 0 amide bonds. The van der Waals surface area contributed by atoms with Crippen molar-refractivity contribution in [3.63, 3.8) is 0 Å². The van der Waals surface area contributed by atoms with E-state index >= 15 is 0 Å². The third kappa shape index (κ3) is 446. The summed E-state index contributed by atoms with van der Waals surface area (Å²) in [5.41, 5.74) is 0. The molecule has 0 saturated heterocycles. The molecule has 0 aliphatic heterocycles. The third-order valence-corrected chi connectivity index (χ3v) is 0. The molecule has 0 unspecified atom stereocenters. The number of rotatable bonds is 0. The van der Waals surface area contributed by atoms with Crippen LogP contribution in [-0.2, 0) is 101 Å². The Morgan fingerprint density at radius 2 is 0.444 bits per heavy atom. The monoisotopic (exact) mass is 741 g/mol. The third-order valence-electron chi connectivity index (χ3n) is 0. The van der Waals surface area contributed by atoms with E-state index in [9.17, 15) is 0 Å². The Balaban J connectivity index is -0.0000000257. The Bertz CT molecular complexity index is 298. The average Bonchev–Trinajstić information content (AvgIpc) is 1.76. The van der Waals surface area contributed by atoms with Gasteiger partial charge in [-0.05, 0) is 0 Å². The van der Waals surface area contributed by atoms with Crippen LogP contribution in [0.1, 0.15) is 0 Å². The minimum atomic E-state index is -4.20. The van der Waals surface area contributed by atoms with Gasteiger partial charge in [0.1, 0.15) is 0 Å². The molecule has 0 aliphatic carbocycles. The molecular formula is BaCaNb4O12. The van der Waals surface area contributed by atoms with E-state index in [0.717, 1.165) is 0 Å². The fourth-order valence-electron chi connectivity index (χ4n) is 0. The molecule has 0 bridgehead atoms. The van der Waals surface area contributed by atoms with Crippen molar-refractivity contribution in [1.29, 1.82) is 0 Å². The van der Waals surface area contributed by atoms with Gasteiger partial charge < -0.3 is 0 Å². The van der Waals surface area contributed by atoms with E-state index in [-0.39, 0.29) is 86.6 Å². The van der Waals surface area contributed by atoms with Gasteiger partial charge in [-0.25, -0.2) is 0 Å². The normalized spacial score (nSPS) is 5.56. The van der Waals surface area contributed by atoms with Crippen LogP contribution in [0, 0.1) is 0 Å². The minimum absolute atomic E-state index is 0. The van der Waals surface area contributed by atoms with Crippen LogP contribution in [0.5, 0.6) is 0 Å². The fraction of sp³-hybridized carbons (Fsp3) is 0. The fourth-order valence-corrected chi connectivity index (χ4v) is 0. The zero-order valence-corrected chi connectivity index (χ0v) is 23.5. The number of hydrogen-bond acceptors (Lipinski definition) is 12. The predicted octanol–water partition coefficient (Wildman–Crippen LogP) is -6.48. The first-order valence-electron chi connectivity index (χ1n) is 2.19. The summed E-state index contributed by atoms with van der Waals surface area (Å²) in [7, 11) is 0. The van der Waals surface area contributed by atoms with Gasteiger partial charge in [-0.1, -0.05) is 0 Å². The van der Waals surface area contributed by atoms with E-state index < -0.39 is 75.1 Å². The summed E-state index contributed by atoms with van der Waals surface area (Å²) in [4.78, 5) is 0. The molecule has 18 heavy (non-hydrogen) atoms. The van der Waals surface area contributed by atoms with Gasteiger partial charge >= 0.3 is 202 Å². The second-order valence-corrected chi connectivity index (χ2v) is 5.29. The van der Waals surface area contributed by atoms with Gasteiger partial charge in [0.2, 0.25) is 0 Å². The molecule has 0 rings (SSSR count). The molecule has 0 N–H and O–H groups in total. The Hall–Kier alpha value is 4.03. The summed E-state index contributed by atoms with van der Waals surface area (Å²) in [5, 5.41) is 0. The molecule has 12 nitrogen and oxygen atoms in total. The SMILES string of the molecule is [Ba+2].[Ca+2].[O]=[Nb](=[O])[O-].[O]=[Nb](=[O])[O-].[O]=[Nb](=[O])[O-].[O]=[Nb](=[O])[O-]. The summed E-state index contributed by atoms with van der Waals surface area (Å²) < 4.78 is 103. The van der Waals surface area contributed by atoms with Gasteiger partial charge in [-0.15, -0.1) is 0 Å². The van der Waals surface area contributed by atoms with Crippen LogP contribution in [-0.4, -0.2) is 86.6 Å². The van der Waals surface area contributed by atoms with Crippen LogP contribution in [0.15, 0.2) is 0 Å². The van der Waals surface area contributed by atoms with E-state index in [4.69, 9.17) is 40.5 Å². The second-order valence-electron chi connectivity index (χ2n) is 0.894. The molecule has 0 saturated carbocycles. The van der Waals surface area contributed by atoms with Crippen molar-refractivity contribution >= 4 is 86.6 Å². The van der Waals surface area contributed by atoms with E-state index in [1.54, 1.807) is 0 Å². The van der Waals surface area contributed by atoms with Crippen molar-refractivity contribution in [2.24, 2.45) is 0 Å². The molecule has 18 heteroatoms. The molecule has 0 atom stereocenters. The van der Waals surface area contributed by atoms with Gasteiger partial charge in [-0.2, -0.15) is 0 Å². The van der Waals surface area contributed by atoms with Gasteiger partial charge in [-0.3, -0.25) is 0 Å². The van der Waals surface area contributed by atoms with Crippen molar-refractivity contribution in [3.8, 4) is 0 Å². The molecule has 0 fully saturated rings. The van der Waals surface area contributed by atoms with Crippen molar-refractivity contribution < 1.29 is 116 Å². The molecular weight excluding hydrogens is 741 g/mol. The van der Waals surface area contributed by atoms with Crippen LogP contribution in [0.25, 0.3) is 0 Å². The van der Waals surface area contributed by atoms with Crippen LogP contribution >= 0.6 is 0 Å². The van der Waals surface area contributed by atoms with Crippen molar-refractivity contribution in [1.82, 2.24) is 0 Å². The summed E-state index contributed by atoms with van der Waals surface area (Å²) in [6.45, 7) is 0. The standard InChI is InChI=1S/Ba.Ca.4Nb.12O/q2*+2;;;;;;;;;;;;;4*-1. The average molecular weight is 741 g/mol. The first kappa shape index (κ1) is 37.9. The van der Waals surface area contributed by atoms with E-state index in [0.29, 0.717) is 0 Å². The molecule has 0 heterocycles. The van der Waals surface area contributed by atoms with E-state index in [1.807, 2.05) is 0 Å². The van der Waals surface area contributed by atoms with Gasteiger partial charge in [0.25, 0.3) is 0 Å². The number of hydrogen-bond donors (Lipinski definition) is 0. The summed E-state index contributed by atoms with van der Waals surface area (Å²) in [6.07, 6.45) is 0. The molecule has 0 aliphatic rings. The first-order chi connectivity index (χ1) is 6.93. The van der Waals surface area contributed by atoms with Gasteiger partial charge in [0.05, 0.1) is 0 Å². The second kappa shape index (κ2) is 32.8. The summed E-state index contributed by atoms with van der Waals surface area (Å²) in [6, 6.07) is 0. The molecule has 0 aromatic carbocycles. The maximum atomic E-state index is 8.60. The quantitative estimate of drug-likeness (QED) is 0.211. The van der Waals surface area contributed by atoms with Gasteiger partial charge in [0, 0.05) is 0 Å². The summed E-state index contributed by atoms with van der Waals surface area (Å²) >= 11 is -16.8. The first-order valence-corrected chi connectivity index (χ1v) is 13.0. The van der Waals surface area contributed by atoms with Crippen LogP contribution < -0.4 is 14.5 Å². The predicted molar refractivity (Wildman–Crippen MR) is 17.0 cm³/mol. The Kier molecular flexibility index (Phi) is 69.2. The van der Waals surface area contributed by atoms with Crippen LogP contribution in [0.3, 0.4) is 0 Å². The van der Waals surface area contributed by atoms with Crippen molar-refractivity contribution in [2.45, 2.75) is 0 Å². The van der Waals surface area contributed by atoms with E-state index in [1.165, 1.54) is 0 Å². The van der Waals surface area contributed by atoms with Crippen molar-refractivity contribution in [3.05, 3.63) is 0 Å². The van der Waals surface area contributed by atoms with Crippen molar-refractivity contribution in [2.75, 3.05) is 0 Å². The molecule has 96 valence electrons. The molecule has 0 spiro atoms. The summed E-state index contributed by atoms with van der Waals surface area (Å²) in [5.74, 6) is 0. The van der Waals surface area contributed by atoms with Crippen LogP contribution in [0.4, 0.5) is 0 Å². The molecule has 0 aromatic rings. The Morgan fingerprint density at radius 3 is 0.444 bits per heavy atom. The molecule has 0 aromatic heterocycles. The van der Waals surface area contributed by atoms with Crippen LogP contribution in [0.2, 0.25) is 0 Å². The zero-order chi connectivity index (χ0) is 14.3. The maximum absolute atomic E-state index is 8.60. The zero-order valence-electron chi connectivity index (χ0n) is 8.10. The van der Waals surface area contributed by atoms with E-state index in [2.05, 4.69) is 0 Å².